The quantitative estimate of drug-likeness (QED) is 0.635. The van der Waals surface area contributed by atoms with Gasteiger partial charge in [-0.25, -0.2) is 14.6 Å². The molecule has 0 fully saturated rings. The van der Waals surface area contributed by atoms with Gasteiger partial charge in [-0.05, 0) is 23.8 Å². The van der Waals surface area contributed by atoms with Gasteiger partial charge in [-0.15, -0.1) is 0 Å². The first-order chi connectivity index (χ1) is 13.5. The van der Waals surface area contributed by atoms with Crippen molar-refractivity contribution in [2.24, 2.45) is 0 Å². The van der Waals surface area contributed by atoms with Crippen molar-refractivity contribution in [1.29, 1.82) is 0 Å². The molecular weight excluding hydrogens is 380 g/mol. The second kappa shape index (κ2) is 9.09. The van der Waals surface area contributed by atoms with Crippen LogP contribution in [-0.2, 0) is 16.1 Å². The Morgan fingerprint density at radius 2 is 2.00 bits per heavy atom. The minimum atomic E-state index is -0.446. The van der Waals surface area contributed by atoms with Crippen LogP contribution in [0.25, 0.3) is 5.82 Å². The van der Waals surface area contributed by atoms with E-state index in [1.165, 1.54) is 17.9 Å². The molecular formula is C19H19ClN6O2. The molecule has 2 N–H and O–H groups in total. The molecule has 2 aromatic heterocycles. The third kappa shape index (κ3) is 5.14. The first-order valence-corrected chi connectivity index (χ1v) is 8.99. The van der Waals surface area contributed by atoms with E-state index in [9.17, 15) is 9.59 Å². The minimum Gasteiger partial charge on any atom is -0.352 e. The molecule has 2 amide bonds. The van der Waals surface area contributed by atoms with E-state index >= 15 is 0 Å². The van der Waals surface area contributed by atoms with Gasteiger partial charge in [0, 0.05) is 30.3 Å². The van der Waals surface area contributed by atoms with Crippen LogP contribution in [0.15, 0.2) is 55.2 Å². The Balaban J connectivity index is 1.67. The Kier molecular flexibility index (Phi) is 6.33. The molecule has 2 heterocycles. The number of carbonyl (C=O) groups is 2. The van der Waals surface area contributed by atoms with Crippen LogP contribution in [0, 0.1) is 0 Å². The van der Waals surface area contributed by atoms with Gasteiger partial charge < -0.3 is 10.6 Å². The Morgan fingerprint density at radius 1 is 1.21 bits per heavy atom. The molecule has 0 aliphatic carbocycles. The second-order valence-electron chi connectivity index (χ2n) is 6.11. The lowest BCUT2D eigenvalue weighted by molar-refractivity contribution is -0.122. The molecule has 144 valence electrons. The Hall–Kier alpha value is -3.26. The Labute approximate surface area is 167 Å². The predicted molar refractivity (Wildman–Crippen MR) is 104 cm³/mol. The summed E-state index contributed by atoms with van der Waals surface area (Å²) in [7, 11) is 0. The number of rotatable bonds is 7. The summed E-state index contributed by atoms with van der Waals surface area (Å²) in [6, 6.07) is 10.2. The first kappa shape index (κ1) is 19.5. The van der Waals surface area contributed by atoms with Gasteiger partial charge in [-0.2, -0.15) is 5.10 Å². The highest BCUT2D eigenvalue weighted by Gasteiger charge is 2.17. The SMILES string of the molecule is CC(=O)N[C@H](CC(=O)NCc1cccnc1-n1cncn1)c1ccc(Cl)cc1. The fraction of sp³-hybridized carbons (Fsp3) is 0.211. The largest absolute Gasteiger partial charge is 0.352 e. The van der Waals surface area contributed by atoms with Crippen molar-refractivity contribution >= 4 is 23.4 Å². The minimum absolute atomic E-state index is 0.0974. The van der Waals surface area contributed by atoms with Gasteiger partial charge in [0.2, 0.25) is 11.8 Å². The number of hydrogen-bond acceptors (Lipinski definition) is 5. The smallest absolute Gasteiger partial charge is 0.222 e. The fourth-order valence-corrected chi connectivity index (χ4v) is 2.86. The highest BCUT2D eigenvalue weighted by molar-refractivity contribution is 6.30. The van der Waals surface area contributed by atoms with Crippen LogP contribution in [-0.4, -0.2) is 31.6 Å². The maximum Gasteiger partial charge on any atom is 0.222 e. The number of benzene rings is 1. The number of carbonyl (C=O) groups excluding carboxylic acids is 2. The Morgan fingerprint density at radius 3 is 2.68 bits per heavy atom. The summed E-state index contributed by atoms with van der Waals surface area (Å²) in [6.07, 6.45) is 4.71. The summed E-state index contributed by atoms with van der Waals surface area (Å²) >= 11 is 5.92. The number of halogens is 1. The molecule has 0 saturated heterocycles. The molecule has 9 heteroatoms. The predicted octanol–water partition coefficient (Wildman–Crippen LogP) is 2.20. The van der Waals surface area contributed by atoms with Gasteiger partial charge in [0.05, 0.1) is 12.5 Å². The standard InChI is InChI=1S/C19H19ClN6O2/c1-13(27)25-17(14-4-6-16(20)7-5-14)9-18(28)23-10-15-3-2-8-22-19(15)26-12-21-11-24-26/h2-8,11-12,17H,9-10H2,1H3,(H,23,28)(H,25,27)/t17-/m1/s1. The number of amides is 2. The van der Waals surface area contributed by atoms with Crippen molar-refractivity contribution in [1.82, 2.24) is 30.4 Å². The summed E-state index contributed by atoms with van der Waals surface area (Å²) in [5, 5.41) is 10.3. The van der Waals surface area contributed by atoms with Crippen LogP contribution < -0.4 is 10.6 Å². The van der Waals surface area contributed by atoms with E-state index in [4.69, 9.17) is 11.6 Å². The lowest BCUT2D eigenvalue weighted by Crippen LogP contribution is -2.32. The Bertz CT molecular complexity index is 943. The van der Waals surface area contributed by atoms with E-state index in [1.807, 2.05) is 6.07 Å². The van der Waals surface area contributed by atoms with Crippen molar-refractivity contribution < 1.29 is 9.59 Å². The van der Waals surface area contributed by atoms with Crippen molar-refractivity contribution in [2.75, 3.05) is 0 Å². The normalized spacial score (nSPS) is 11.6. The van der Waals surface area contributed by atoms with Crippen LogP contribution in [0.3, 0.4) is 0 Å². The van der Waals surface area contributed by atoms with Crippen LogP contribution in [0.2, 0.25) is 5.02 Å². The first-order valence-electron chi connectivity index (χ1n) is 8.61. The average molecular weight is 399 g/mol. The molecule has 0 aliphatic rings. The summed E-state index contributed by atoms with van der Waals surface area (Å²) in [6.45, 7) is 1.69. The molecule has 3 aromatic rings. The number of pyridine rings is 1. The lowest BCUT2D eigenvalue weighted by Gasteiger charge is -2.18. The molecule has 0 radical (unpaired) electrons. The third-order valence-corrected chi connectivity index (χ3v) is 4.27. The molecule has 1 atom stereocenters. The summed E-state index contributed by atoms with van der Waals surface area (Å²) < 4.78 is 1.54. The van der Waals surface area contributed by atoms with Gasteiger partial charge in [0.1, 0.15) is 12.7 Å². The maximum atomic E-state index is 12.5. The zero-order valence-corrected chi connectivity index (χ0v) is 15.9. The molecule has 0 aliphatic heterocycles. The van der Waals surface area contributed by atoms with Crippen molar-refractivity contribution in [3.8, 4) is 5.82 Å². The van der Waals surface area contributed by atoms with Crippen LogP contribution in [0.1, 0.15) is 30.5 Å². The highest BCUT2D eigenvalue weighted by Crippen LogP contribution is 2.20. The highest BCUT2D eigenvalue weighted by atomic mass is 35.5. The van der Waals surface area contributed by atoms with Crippen molar-refractivity contribution in [2.45, 2.75) is 25.9 Å². The molecule has 8 nitrogen and oxygen atoms in total. The van der Waals surface area contributed by atoms with Gasteiger partial charge >= 0.3 is 0 Å². The third-order valence-electron chi connectivity index (χ3n) is 4.02. The van der Waals surface area contributed by atoms with Gasteiger partial charge in [-0.1, -0.05) is 29.8 Å². The maximum absolute atomic E-state index is 12.5. The fourth-order valence-electron chi connectivity index (χ4n) is 2.74. The average Bonchev–Trinajstić information content (AvgIpc) is 3.21. The van der Waals surface area contributed by atoms with Crippen molar-refractivity contribution in [3.05, 3.63) is 71.4 Å². The zero-order chi connectivity index (χ0) is 19.9. The summed E-state index contributed by atoms with van der Waals surface area (Å²) in [5.74, 6) is 0.173. The summed E-state index contributed by atoms with van der Waals surface area (Å²) in [5.41, 5.74) is 1.60. The monoisotopic (exact) mass is 398 g/mol. The topological polar surface area (TPSA) is 102 Å². The van der Waals surface area contributed by atoms with E-state index in [0.29, 0.717) is 10.8 Å². The van der Waals surface area contributed by atoms with E-state index < -0.39 is 6.04 Å². The van der Waals surface area contributed by atoms with Crippen molar-refractivity contribution in [3.63, 3.8) is 0 Å². The second-order valence-corrected chi connectivity index (χ2v) is 6.55. The molecule has 3 rings (SSSR count). The lowest BCUT2D eigenvalue weighted by atomic mass is 10.0. The summed E-state index contributed by atoms with van der Waals surface area (Å²) in [4.78, 5) is 32.3. The van der Waals surface area contributed by atoms with E-state index in [2.05, 4.69) is 25.7 Å². The number of nitrogens with one attached hydrogen (secondary N) is 2. The zero-order valence-electron chi connectivity index (χ0n) is 15.2. The van der Waals surface area contributed by atoms with Crippen LogP contribution in [0.5, 0.6) is 0 Å². The number of hydrogen-bond donors (Lipinski definition) is 2. The van der Waals surface area contributed by atoms with E-state index in [0.717, 1.165) is 11.1 Å². The van der Waals surface area contributed by atoms with E-state index in [1.54, 1.807) is 42.9 Å². The molecule has 0 spiro atoms. The number of aromatic nitrogens is 4. The van der Waals surface area contributed by atoms with E-state index in [-0.39, 0.29) is 24.8 Å². The van der Waals surface area contributed by atoms with Gasteiger partial charge in [0.15, 0.2) is 5.82 Å². The van der Waals surface area contributed by atoms with Crippen LogP contribution in [0.4, 0.5) is 0 Å². The molecule has 0 unspecified atom stereocenters. The number of nitrogens with zero attached hydrogens (tertiary/aromatic N) is 4. The van der Waals surface area contributed by atoms with Gasteiger partial charge in [-0.3, -0.25) is 9.59 Å². The van der Waals surface area contributed by atoms with Gasteiger partial charge in [0.25, 0.3) is 0 Å². The molecule has 1 aromatic carbocycles. The van der Waals surface area contributed by atoms with Crippen LogP contribution >= 0.6 is 11.6 Å². The molecule has 0 saturated carbocycles. The molecule has 28 heavy (non-hydrogen) atoms. The molecule has 0 bridgehead atoms.